The fraction of sp³-hybridized carbons (Fsp3) is 0.348. The highest BCUT2D eigenvalue weighted by Crippen LogP contribution is 2.35. The molecular weight excluding hydrogens is 448 g/mol. The highest BCUT2D eigenvalue weighted by atomic mass is 32.2. The second-order valence-corrected chi connectivity index (χ2v) is 10.3. The van der Waals surface area contributed by atoms with Gasteiger partial charge in [0.1, 0.15) is 17.5 Å². The van der Waals surface area contributed by atoms with E-state index in [1.807, 2.05) is 0 Å². The molecule has 1 saturated heterocycles. The largest absolute Gasteiger partial charge is 0.497 e. The summed E-state index contributed by atoms with van der Waals surface area (Å²) in [6.07, 6.45) is -0.294. The maximum Gasteiger partial charge on any atom is 0.308 e. The van der Waals surface area contributed by atoms with Gasteiger partial charge in [-0.15, -0.1) is 0 Å². The first-order valence-corrected chi connectivity index (χ1v) is 11.6. The molecule has 0 bridgehead atoms. The van der Waals surface area contributed by atoms with E-state index in [2.05, 4.69) is 0 Å². The molecule has 2 aromatic carbocycles. The number of carbonyl (C=O) groups excluding carboxylic acids is 3. The first-order valence-electron chi connectivity index (χ1n) is 10.2. The van der Waals surface area contributed by atoms with Gasteiger partial charge >= 0.3 is 5.97 Å². The van der Waals surface area contributed by atoms with Gasteiger partial charge in [0.15, 0.2) is 0 Å². The molecule has 0 radical (unpaired) electrons. The van der Waals surface area contributed by atoms with E-state index >= 15 is 0 Å². The molecule has 0 spiro atoms. The Bertz CT molecular complexity index is 1170. The number of anilines is 1. The van der Waals surface area contributed by atoms with Crippen molar-refractivity contribution in [3.8, 4) is 11.5 Å². The quantitative estimate of drug-likeness (QED) is 0.360. The molecule has 1 atom stereocenters. The van der Waals surface area contributed by atoms with Crippen molar-refractivity contribution in [2.45, 2.75) is 50.6 Å². The smallest absolute Gasteiger partial charge is 0.308 e. The zero-order chi connectivity index (χ0) is 24.6. The maximum atomic E-state index is 13.6. The van der Waals surface area contributed by atoms with E-state index in [0.29, 0.717) is 5.75 Å². The molecule has 2 amide bonds. The molecule has 0 aliphatic carbocycles. The van der Waals surface area contributed by atoms with Crippen molar-refractivity contribution in [3.05, 3.63) is 48.5 Å². The number of amides is 2. The van der Waals surface area contributed by atoms with Crippen molar-refractivity contribution in [2.24, 2.45) is 0 Å². The molecule has 3 rings (SSSR count). The van der Waals surface area contributed by atoms with E-state index in [9.17, 15) is 22.8 Å². The molecule has 0 aromatic heterocycles. The second kappa shape index (κ2) is 8.95. The predicted octanol–water partition coefficient (Wildman–Crippen LogP) is 2.74. The Balaban J connectivity index is 1.97. The van der Waals surface area contributed by atoms with Crippen LogP contribution in [0.4, 0.5) is 5.69 Å². The van der Waals surface area contributed by atoms with Crippen LogP contribution in [0.25, 0.3) is 0 Å². The van der Waals surface area contributed by atoms with E-state index in [1.54, 1.807) is 20.8 Å². The summed E-state index contributed by atoms with van der Waals surface area (Å²) in [5, 5.41) is 0. The lowest BCUT2D eigenvalue weighted by Crippen LogP contribution is -2.54. The van der Waals surface area contributed by atoms with Crippen molar-refractivity contribution >= 4 is 33.5 Å². The van der Waals surface area contributed by atoms with Gasteiger partial charge in [-0.1, -0.05) is 0 Å². The molecule has 1 aliphatic rings. The average Bonchev–Trinajstić information content (AvgIpc) is 3.00. The fourth-order valence-electron chi connectivity index (χ4n) is 3.76. The molecule has 33 heavy (non-hydrogen) atoms. The summed E-state index contributed by atoms with van der Waals surface area (Å²) in [6.45, 7) is 6.27. The standard InChI is InChI=1S/C23H26N2O7S/c1-15(26)32-18-8-6-16(7-9-18)24-21(27)14-20(22(24)28)25(23(2,3)4)33(29,30)19-12-10-17(31-5)11-13-19/h6-13,20H,14H2,1-5H3. The van der Waals surface area contributed by atoms with E-state index < -0.39 is 39.4 Å². The number of imide groups is 1. The molecule has 2 aromatic rings. The molecule has 176 valence electrons. The number of sulfonamides is 1. The topological polar surface area (TPSA) is 110 Å². The number of esters is 1. The van der Waals surface area contributed by atoms with Crippen LogP contribution in [0.3, 0.4) is 0 Å². The van der Waals surface area contributed by atoms with E-state index in [0.717, 1.165) is 9.21 Å². The van der Waals surface area contributed by atoms with Crippen LogP contribution in [0.15, 0.2) is 53.4 Å². The monoisotopic (exact) mass is 474 g/mol. The van der Waals surface area contributed by atoms with E-state index in [4.69, 9.17) is 9.47 Å². The molecule has 10 heteroatoms. The van der Waals surface area contributed by atoms with Gasteiger partial charge in [0.25, 0.3) is 5.91 Å². The lowest BCUT2D eigenvalue weighted by molar-refractivity contribution is -0.132. The summed E-state index contributed by atoms with van der Waals surface area (Å²) in [4.78, 5) is 38.2. The summed E-state index contributed by atoms with van der Waals surface area (Å²) in [7, 11) is -2.66. The van der Waals surface area contributed by atoms with Gasteiger partial charge in [-0.3, -0.25) is 14.4 Å². The van der Waals surface area contributed by atoms with Crippen LogP contribution in [-0.2, 0) is 24.4 Å². The first kappa shape index (κ1) is 24.4. The predicted molar refractivity (Wildman–Crippen MR) is 120 cm³/mol. The Hall–Kier alpha value is -3.24. The number of carbonyl (C=O) groups is 3. The molecule has 0 saturated carbocycles. The third kappa shape index (κ3) is 4.91. The minimum atomic E-state index is -4.13. The number of nitrogens with zero attached hydrogens (tertiary/aromatic N) is 2. The van der Waals surface area contributed by atoms with Crippen LogP contribution < -0.4 is 14.4 Å². The van der Waals surface area contributed by atoms with Gasteiger partial charge in [0.2, 0.25) is 15.9 Å². The number of hydrogen-bond acceptors (Lipinski definition) is 7. The zero-order valence-corrected chi connectivity index (χ0v) is 19.9. The van der Waals surface area contributed by atoms with Gasteiger partial charge in [0, 0.05) is 12.5 Å². The Kier molecular flexibility index (Phi) is 6.62. The SMILES string of the molecule is COc1ccc(S(=O)(=O)N(C2CC(=O)N(c3ccc(OC(C)=O)cc3)C2=O)C(C)(C)C)cc1. The number of methoxy groups -OCH3 is 1. The maximum absolute atomic E-state index is 13.6. The van der Waals surface area contributed by atoms with Crippen LogP contribution >= 0.6 is 0 Å². The lowest BCUT2D eigenvalue weighted by atomic mass is 10.1. The van der Waals surface area contributed by atoms with Gasteiger partial charge in [-0.25, -0.2) is 13.3 Å². The number of ether oxygens (including phenoxy) is 2. The minimum absolute atomic E-state index is 0.0114. The van der Waals surface area contributed by atoms with Gasteiger partial charge in [-0.05, 0) is 69.3 Å². The fourth-order valence-corrected chi connectivity index (χ4v) is 5.68. The third-order valence-electron chi connectivity index (χ3n) is 5.04. The summed E-state index contributed by atoms with van der Waals surface area (Å²) < 4.78 is 38.3. The minimum Gasteiger partial charge on any atom is -0.497 e. The zero-order valence-electron chi connectivity index (χ0n) is 19.1. The molecule has 9 nitrogen and oxygen atoms in total. The van der Waals surface area contributed by atoms with Crippen LogP contribution in [0, 0.1) is 0 Å². The van der Waals surface area contributed by atoms with Crippen LogP contribution in [0.2, 0.25) is 0 Å². The van der Waals surface area contributed by atoms with E-state index in [1.165, 1.54) is 62.6 Å². The second-order valence-electron chi connectivity index (χ2n) is 8.52. The van der Waals surface area contributed by atoms with Gasteiger partial charge in [0.05, 0.1) is 24.1 Å². The number of rotatable bonds is 6. The highest BCUT2D eigenvalue weighted by Gasteiger charge is 2.50. The Labute approximate surface area is 192 Å². The molecule has 0 N–H and O–H groups in total. The van der Waals surface area contributed by atoms with Crippen molar-refractivity contribution in [3.63, 3.8) is 0 Å². The van der Waals surface area contributed by atoms with Crippen molar-refractivity contribution in [2.75, 3.05) is 12.0 Å². The highest BCUT2D eigenvalue weighted by molar-refractivity contribution is 7.89. The average molecular weight is 475 g/mol. The summed E-state index contributed by atoms with van der Waals surface area (Å²) in [5.74, 6) is -0.913. The first-order chi connectivity index (χ1) is 15.4. The number of benzene rings is 2. The molecule has 1 aliphatic heterocycles. The van der Waals surface area contributed by atoms with Gasteiger partial charge < -0.3 is 9.47 Å². The Morgan fingerprint density at radius 1 is 1.00 bits per heavy atom. The lowest BCUT2D eigenvalue weighted by Gasteiger charge is -2.37. The van der Waals surface area contributed by atoms with Crippen molar-refractivity contribution < 1.29 is 32.3 Å². The van der Waals surface area contributed by atoms with Crippen LogP contribution in [0.5, 0.6) is 11.5 Å². The van der Waals surface area contributed by atoms with Crippen molar-refractivity contribution in [1.29, 1.82) is 0 Å². The Morgan fingerprint density at radius 2 is 1.55 bits per heavy atom. The number of hydrogen-bond donors (Lipinski definition) is 0. The normalized spacial score (nSPS) is 16.9. The van der Waals surface area contributed by atoms with E-state index in [-0.39, 0.29) is 22.8 Å². The molecular formula is C23H26N2O7S. The Morgan fingerprint density at radius 3 is 2.03 bits per heavy atom. The summed E-state index contributed by atoms with van der Waals surface area (Å²) in [5.41, 5.74) is -0.728. The third-order valence-corrected chi connectivity index (χ3v) is 7.23. The summed E-state index contributed by atoms with van der Waals surface area (Å²) in [6, 6.07) is 10.5. The molecule has 1 unspecified atom stereocenters. The van der Waals surface area contributed by atoms with Crippen LogP contribution in [-0.4, -0.2) is 49.2 Å². The van der Waals surface area contributed by atoms with Crippen molar-refractivity contribution in [1.82, 2.24) is 4.31 Å². The van der Waals surface area contributed by atoms with Gasteiger partial charge in [-0.2, -0.15) is 4.31 Å². The molecule has 1 fully saturated rings. The summed E-state index contributed by atoms with van der Waals surface area (Å²) >= 11 is 0. The van der Waals surface area contributed by atoms with Crippen LogP contribution in [0.1, 0.15) is 34.1 Å². The molecule has 1 heterocycles.